The highest BCUT2D eigenvalue weighted by Gasteiger charge is 2.15. The largest absolute Gasteiger partial charge is 0.454 e. The Morgan fingerprint density at radius 1 is 1.44 bits per heavy atom. The highest BCUT2D eigenvalue weighted by Crippen LogP contribution is 2.32. The van der Waals surface area contributed by atoms with Crippen LogP contribution in [-0.2, 0) is 4.84 Å². The van der Waals surface area contributed by atoms with E-state index in [9.17, 15) is 14.9 Å². The smallest absolute Gasteiger partial charge is 0.294 e. The minimum Gasteiger partial charge on any atom is -0.454 e. The Labute approximate surface area is 102 Å². The lowest BCUT2D eigenvalue weighted by Gasteiger charge is -2.05. The van der Waals surface area contributed by atoms with Crippen LogP contribution in [0.3, 0.4) is 0 Å². The van der Waals surface area contributed by atoms with Crippen molar-refractivity contribution >= 4 is 5.91 Å². The van der Waals surface area contributed by atoms with Gasteiger partial charge in [-0.25, -0.2) is 0 Å². The topological polar surface area (TPSA) is 99.9 Å². The molecule has 0 unspecified atom stereocenters. The lowest BCUT2D eigenvalue weighted by Crippen LogP contribution is -2.27. The zero-order valence-electron chi connectivity index (χ0n) is 9.25. The van der Waals surface area contributed by atoms with Gasteiger partial charge < -0.3 is 19.6 Å². The van der Waals surface area contributed by atoms with Crippen LogP contribution >= 0.6 is 0 Å². The summed E-state index contributed by atoms with van der Waals surface area (Å²) in [5.74, 6) is 0.729. The predicted octanol–water partition coefficient (Wildman–Crippen LogP) is 0.353. The Hall–Kier alpha value is -2.51. The summed E-state index contributed by atoms with van der Waals surface area (Å²) in [7, 11) is 0. The standard InChI is InChI=1S/C10H10N2O6/c13-10(11-3-4-18-12(14)15)7-1-2-8-9(5-7)17-6-16-8/h1-2,5H,3-4,6H2,(H,11,13). The molecule has 2 rings (SSSR count). The molecule has 96 valence electrons. The number of nitrogens with zero attached hydrogens (tertiary/aromatic N) is 1. The Morgan fingerprint density at radius 2 is 2.22 bits per heavy atom. The van der Waals surface area contributed by atoms with Gasteiger partial charge in [0.15, 0.2) is 11.5 Å². The van der Waals surface area contributed by atoms with Crippen LogP contribution in [0.1, 0.15) is 10.4 Å². The second kappa shape index (κ2) is 5.21. The van der Waals surface area contributed by atoms with Crippen molar-refractivity contribution in [3.05, 3.63) is 33.9 Å². The van der Waals surface area contributed by atoms with Gasteiger partial charge in [-0.2, -0.15) is 0 Å². The van der Waals surface area contributed by atoms with E-state index in [-0.39, 0.29) is 25.9 Å². The maximum absolute atomic E-state index is 11.7. The number of carbonyl (C=O) groups is 1. The van der Waals surface area contributed by atoms with Crippen LogP contribution in [0.15, 0.2) is 18.2 Å². The number of benzene rings is 1. The van der Waals surface area contributed by atoms with Crippen molar-refractivity contribution in [1.29, 1.82) is 0 Å². The van der Waals surface area contributed by atoms with Crippen molar-refractivity contribution in [1.82, 2.24) is 5.32 Å². The molecule has 1 heterocycles. The monoisotopic (exact) mass is 254 g/mol. The van der Waals surface area contributed by atoms with Crippen LogP contribution in [0.2, 0.25) is 0 Å². The van der Waals surface area contributed by atoms with Gasteiger partial charge in [-0.3, -0.25) is 4.79 Å². The van der Waals surface area contributed by atoms with Crippen LogP contribution in [-0.4, -0.2) is 30.9 Å². The van der Waals surface area contributed by atoms with Gasteiger partial charge in [0.1, 0.15) is 6.61 Å². The van der Waals surface area contributed by atoms with Gasteiger partial charge in [0.05, 0.1) is 0 Å². The molecule has 0 saturated carbocycles. The summed E-state index contributed by atoms with van der Waals surface area (Å²) in [6.07, 6.45) is 0. The summed E-state index contributed by atoms with van der Waals surface area (Å²) in [5, 5.41) is 11.5. The van der Waals surface area contributed by atoms with Crippen molar-refractivity contribution in [2.24, 2.45) is 0 Å². The zero-order valence-corrected chi connectivity index (χ0v) is 9.25. The van der Waals surface area contributed by atoms with Crippen LogP contribution in [0.4, 0.5) is 0 Å². The zero-order chi connectivity index (χ0) is 13.0. The first-order chi connectivity index (χ1) is 8.66. The number of ether oxygens (including phenoxy) is 2. The molecule has 1 aliphatic rings. The lowest BCUT2D eigenvalue weighted by molar-refractivity contribution is -0.757. The molecule has 1 amide bonds. The van der Waals surface area contributed by atoms with Crippen LogP contribution < -0.4 is 14.8 Å². The first kappa shape index (κ1) is 12.0. The molecular formula is C10H10N2O6. The van der Waals surface area contributed by atoms with Gasteiger partial charge in [0.2, 0.25) is 6.79 Å². The number of rotatable bonds is 5. The summed E-state index contributed by atoms with van der Waals surface area (Å²) in [4.78, 5) is 25.6. The van der Waals surface area contributed by atoms with E-state index in [2.05, 4.69) is 10.2 Å². The van der Waals surface area contributed by atoms with E-state index < -0.39 is 5.09 Å². The third-order valence-corrected chi connectivity index (χ3v) is 2.22. The Balaban J connectivity index is 1.87. The molecule has 0 radical (unpaired) electrons. The molecule has 8 heteroatoms. The molecule has 1 aromatic carbocycles. The summed E-state index contributed by atoms with van der Waals surface area (Å²) in [5.41, 5.74) is 0.389. The normalized spacial score (nSPS) is 12.0. The van der Waals surface area contributed by atoms with E-state index in [1.807, 2.05) is 0 Å². The number of hydrogen-bond donors (Lipinski definition) is 1. The van der Waals surface area contributed by atoms with Gasteiger partial charge >= 0.3 is 0 Å². The molecule has 18 heavy (non-hydrogen) atoms. The average Bonchev–Trinajstić information content (AvgIpc) is 2.81. The van der Waals surface area contributed by atoms with Crippen LogP contribution in [0, 0.1) is 10.1 Å². The molecule has 1 aromatic rings. The van der Waals surface area contributed by atoms with Gasteiger partial charge in [0.25, 0.3) is 11.0 Å². The Bertz CT molecular complexity index is 475. The summed E-state index contributed by atoms with van der Waals surface area (Å²) in [6, 6.07) is 4.76. The van der Waals surface area contributed by atoms with Crippen molar-refractivity contribution in [3.8, 4) is 11.5 Å². The number of fused-ring (bicyclic) bond motifs is 1. The molecule has 1 N–H and O–H groups in total. The van der Waals surface area contributed by atoms with Crippen LogP contribution in [0.5, 0.6) is 11.5 Å². The quantitative estimate of drug-likeness (QED) is 0.462. The minimum absolute atomic E-state index is 0.0499. The van der Waals surface area contributed by atoms with E-state index in [0.29, 0.717) is 17.1 Å². The molecule has 1 aliphatic heterocycles. The summed E-state index contributed by atoms with van der Waals surface area (Å²) in [6.45, 7) is -0.00533. The maximum atomic E-state index is 11.7. The van der Waals surface area contributed by atoms with Gasteiger partial charge in [0, 0.05) is 12.1 Å². The third kappa shape index (κ3) is 2.78. The number of nitrogens with one attached hydrogen (secondary N) is 1. The van der Waals surface area contributed by atoms with Crippen molar-refractivity contribution < 1.29 is 24.2 Å². The van der Waals surface area contributed by atoms with Crippen molar-refractivity contribution in [3.63, 3.8) is 0 Å². The highest BCUT2D eigenvalue weighted by atomic mass is 16.9. The molecule has 0 saturated heterocycles. The highest BCUT2D eigenvalue weighted by molar-refractivity contribution is 5.94. The van der Waals surface area contributed by atoms with Crippen molar-refractivity contribution in [2.45, 2.75) is 0 Å². The van der Waals surface area contributed by atoms with Gasteiger partial charge in [-0.1, -0.05) is 0 Å². The average molecular weight is 254 g/mol. The molecule has 0 aliphatic carbocycles. The van der Waals surface area contributed by atoms with E-state index in [4.69, 9.17) is 9.47 Å². The molecular weight excluding hydrogens is 244 g/mol. The van der Waals surface area contributed by atoms with E-state index in [1.165, 1.54) is 0 Å². The molecule has 8 nitrogen and oxygen atoms in total. The fourth-order valence-corrected chi connectivity index (χ4v) is 1.42. The Kier molecular flexibility index (Phi) is 3.46. The second-order valence-corrected chi connectivity index (χ2v) is 3.38. The molecule has 0 bridgehead atoms. The number of hydrogen-bond acceptors (Lipinski definition) is 6. The van der Waals surface area contributed by atoms with Crippen LogP contribution in [0.25, 0.3) is 0 Å². The van der Waals surface area contributed by atoms with E-state index in [0.717, 1.165) is 0 Å². The second-order valence-electron chi connectivity index (χ2n) is 3.38. The van der Waals surface area contributed by atoms with Gasteiger partial charge in [-0.15, -0.1) is 10.1 Å². The third-order valence-electron chi connectivity index (χ3n) is 2.22. The number of carbonyl (C=O) groups excluding carboxylic acids is 1. The SMILES string of the molecule is O=C(NCCO[N+](=O)[O-])c1ccc2c(c1)OCO2. The fourth-order valence-electron chi connectivity index (χ4n) is 1.42. The molecule has 0 spiro atoms. The first-order valence-electron chi connectivity index (χ1n) is 5.12. The Morgan fingerprint density at radius 3 is 3.00 bits per heavy atom. The maximum Gasteiger partial charge on any atom is 0.294 e. The first-order valence-corrected chi connectivity index (χ1v) is 5.12. The minimum atomic E-state index is -0.910. The predicted molar refractivity (Wildman–Crippen MR) is 57.8 cm³/mol. The summed E-state index contributed by atoms with van der Waals surface area (Å²) < 4.78 is 10.2. The lowest BCUT2D eigenvalue weighted by atomic mass is 10.2. The van der Waals surface area contributed by atoms with Crippen molar-refractivity contribution in [2.75, 3.05) is 19.9 Å². The number of amides is 1. The molecule has 0 atom stereocenters. The van der Waals surface area contributed by atoms with E-state index in [1.54, 1.807) is 18.2 Å². The molecule has 0 aromatic heterocycles. The molecule has 0 fully saturated rings. The fraction of sp³-hybridized carbons (Fsp3) is 0.300. The van der Waals surface area contributed by atoms with E-state index >= 15 is 0 Å². The van der Waals surface area contributed by atoms with Gasteiger partial charge in [-0.05, 0) is 18.2 Å². The summed E-state index contributed by atoms with van der Waals surface area (Å²) >= 11 is 0.